The van der Waals surface area contributed by atoms with E-state index in [0.717, 1.165) is 18.7 Å². The molecule has 0 radical (unpaired) electrons. The standard InChI is InChI=1S/C21H27ClN4O2/c1-16-4-2-3-13-25(16)15-12-23-20(27)11-14-26-21(28)10-9-19(24-26)17-5-7-18(22)8-6-17/h5-10,16H,2-4,11-15H2,1H3,(H,23,27). The van der Waals surface area contributed by atoms with Crippen molar-refractivity contribution in [1.29, 1.82) is 0 Å². The fourth-order valence-corrected chi connectivity index (χ4v) is 3.63. The fourth-order valence-electron chi connectivity index (χ4n) is 3.51. The molecule has 7 heteroatoms. The topological polar surface area (TPSA) is 67.2 Å². The number of likely N-dealkylation sites (tertiary alicyclic amines) is 1. The molecule has 150 valence electrons. The van der Waals surface area contributed by atoms with Gasteiger partial charge in [-0.1, -0.05) is 30.2 Å². The van der Waals surface area contributed by atoms with Crippen molar-refractivity contribution in [2.24, 2.45) is 0 Å². The quantitative estimate of drug-likeness (QED) is 0.773. The number of rotatable bonds is 7. The SMILES string of the molecule is CC1CCCCN1CCNC(=O)CCn1nc(-c2ccc(Cl)cc2)ccc1=O. The molecule has 0 aliphatic carbocycles. The molecule has 28 heavy (non-hydrogen) atoms. The van der Waals surface area contributed by atoms with E-state index < -0.39 is 0 Å². The molecular formula is C21H27ClN4O2. The fraction of sp³-hybridized carbons (Fsp3) is 0.476. The van der Waals surface area contributed by atoms with E-state index in [-0.39, 0.29) is 24.4 Å². The smallest absolute Gasteiger partial charge is 0.266 e. The van der Waals surface area contributed by atoms with E-state index in [0.29, 0.717) is 23.3 Å². The number of nitrogens with zero attached hydrogens (tertiary/aromatic N) is 3. The van der Waals surface area contributed by atoms with Crippen molar-refractivity contribution in [3.05, 3.63) is 51.8 Å². The summed E-state index contributed by atoms with van der Waals surface area (Å²) in [6, 6.07) is 11.0. The third-order valence-corrected chi connectivity index (χ3v) is 5.47. The molecule has 1 amide bonds. The van der Waals surface area contributed by atoms with Crippen LogP contribution in [0.4, 0.5) is 0 Å². The number of carbonyl (C=O) groups is 1. The van der Waals surface area contributed by atoms with Gasteiger partial charge in [-0.05, 0) is 44.5 Å². The van der Waals surface area contributed by atoms with Gasteiger partial charge in [0.05, 0.1) is 12.2 Å². The van der Waals surface area contributed by atoms with Crippen molar-refractivity contribution in [3.8, 4) is 11.3 Å². The molecule has 0 bridgehead atoms. The minimum Gasteiger partial charge on any atom is -0.355 e. The summed E-state index contributed by atoms with van der Waals surface area (Å²) in [5, 5.41) is 7.98. The van der Waals surface area contributed by atoms with Crippen LogP contribution in [0.2, 0.25) is 5.02 Å². The van der Waals surface area contributed by atoms with Crippen molar-refractivity contribution in [1.82, 2.24) is 20.0 Å². The number of hydrogen-bond donors (Lipinski definition) is 1. The molecule has 1 N–H and O–H groups in total. The van der Waals surface area contributed by atoms with Crippen molar-refractivity contribution < 1.29 is 4.79 Å². The Hall–Kier alpha value is -2.18. The van der Waals surface area contributed by atoms with Gasteiger partial charge in [0.1, 0.15) is 0 Å². The van der Waals surface area contributed by atoms with Gasteiger partial charge in [0.25, 0.3) is 5.56 Å². The monoisotopic (exact) mass is 402 g/mol. The number of aryl methyl sites for hydroxylation is 1. The van der Waals surface area contributed by atoms with Crippen molar-refractivity contribution in [3.63, 3.8) is 0 Å². The van der Waals surface area contributed by atoms with Crippen LogP contribution in [0.1, 0.15) is 32.6 Å². The highest BCUT2D eigenvalue weighted by Crippen LogP contribution is 2.18. The second-order valence-electron chi connectivity index (χ2n) is 7.27. The van der Waals surface area contributed by atoms with Gasteiger partial charge in [-0.2, -0.15) is 5.10 Å². The lowest BCUT2D eigenvalue weighted by Gasteiger charge is -2.33. The Morgan fingerprint density at radius 1 is 1.18 bits per heavy atom. The van der Waals surface area contributed by atoms with Crippen LogP contribution in [-0.4, -0.2) is 46.3 Å². The summed E-state index contributed by atoms with van der Waals surface area (Å²) >= 11 is 5.92. The normalized spacial score (nSPS) is 17.4. The molecule has 1 unspecified atom stereocenters. The van der Waals surface area contributed by atoms with Crippen molar-refractivity contribution in [2.45, 2.75) is 45.2 Å². The molecule has 1 aromatic carbocycles. The van der Waals surface area contributed by atoms with Gasteiger partial charge in [-0.15, -0.1) is 0 Å². The Bertz CT molecular complexity index is 850. The number of nitrogens with one attached hydrogen (secondary N) is 1. The van der Waals surface area contributed by atoms with E-state index >= 15 is 0 Å². The zero-order chi connectivity index (χ0) is 19.9. The van der Waals surface area contributed by atoms with Gasteiger partial charge in [0.2, 0.25) is 5.91 Å². The zero-order valence-electron chi connectivity index (χ0n) is 16.2. The predicted octanol–water partition coefficient (Wildman–Crippen LogP) is 2.94. The first-order valence-corrected chi connectivity index (χ1v) is 10.3. The average Bonchev–Trinajstić information content (AvgIpc) is 2.69. The molecule has 0 spiro atoms. The third kappa shape index (κ3) is 5.66. The molecule has 6 nitrogen and oxygen atoms in total. The first-order chi connectivity index (χ1) is 13.5. The zero-order valence-corrected chi connectivity index (χ0v) is 17.0. The van der Waals surface area contributed by atoms with E-state index in [4.69, 9.17) is 11.6 Å². The Kier molecular flexibility index (Phi) is 7.23. The van der Waals surface area contributed by atoms with E-state index in [1.165, 1.54) is 30.0 Å². The minimum absolute atomic E-state index is 0.0599. The maximum Gasteiger partial charge on any atom is 0.266 e. The Morgan fingerprint density at radius 2 is 1.96 bits per heavy atom. The number of hydrogen-bond acceptors (Lipinski definition) is 4. The van der Waals surface area contributed by atoms with E-state index in [2.05, 4.69) is 22.2 Å². The largest absolute Gasteiger partial charge is 0.355 e. The molecule has 3 rings (SSSR count). The van der Waals surface area contributed by atoms with Crippen LogP contribution < -0.4 is 10.9 Å². The molecule has 1 saturated heterocycles. The van der Waals surface area contributed by atoms with Crippen LogP contribution >= 0.6 is 11.6 Å². The van der Waals surface area contributed by atoms with Crippen molar-refractivity contribution in [2.75, 3.05) is 19.6 Å². The molecule has 2 heterocycles. The first kappa shape index (κ1) is 20.6. The third-order valence-electron chi connectivity index (χ3n) is 5.22. The summed E-state index contributed by atoms with van der Waals surface area (Å²) in [5.74, 6) is -0.0599. The molecule has 0 saturated carbocycles. The maximum atomic E-state index is 12.2. The lowest BCUT2D eigenvalue weighted by molar-refractivity contribution is -0.121. The second-order valence-corrected chi connectivity index (χ2v) is 7.70. The van der Waals surface area contributed by atoms with Gasteiger partial charge in [-0.25, -0.2) is 4.68 Å². The van der Waals surface area contributed by atoms with Crippen LogP contribution in [0.15, 0.2) is 41.2 Å². The summed E-state index contributed by atoms with van der Waals surface area (Å²) in [5.41, 5.74) is 1.33. The second kappa shape index (κ2) is 9.85. The predicted molar refractivity (Wildman–Crippen MR) is 111 cm³/mol. The van der Waals surface area contributed by atoms with Crippen molar-refractivity contribution >= 4 is 17.5 Å². The molecule has 1 aliphatic rings. The van der Waals surface area contributed by atoms with E-state index in [1.54, 1.807) is 18.2 Å². The summed E-state index contributed by atoms with van der Waals surface area (Å²) in [6.07, 6.45) is 3.98. The minimum atomic E-state index is -0.215. The Balaban J connectivity index is 1.50. The number of amides is 1. The van der Waals surface area contributed by atoms with E-state index in [1.807, 2.05) is 12.1 Å². The maximum absolute atomic E-state index is 12.2. The van der Waals surface area contributed by atoms with Gasteiger partial charge in [0.15, 0.2) is 0 Å². The molecule has 1 aromatic heterocycles. The highest BCUT2D eigenvalue weighted by atomic mass is 35.5. The average molecular weight is 403 g/mol. The van der Waals surface area contributed by atoms with Crippen LogP contribution in [0.25, 0.3) is 11.3 Å². The molecular weight excluding hydrogens is 376 g/mol. The van der Waals surface area contributed by atoms with E-state index in [9.17, 15) is 9.59 Å². The van der Waals surface area contributed by atoms with Crippen LogP contribution in [-0.2, 0) is 11.3 Å². The lowest BCUT2D eigenvalue weighted by Crippen LogP contribution is -2.42. The van der Waals surface area contributed by atoms with Gasteiger partial charge < -0.3 is 5.32 Å². The van der Waals surface area contributed by atoms with Crippen LogP contribution in [0.5, 0.6) is 0 Å². The highest BCUT2D eigenvalue weighted by molar-refractivity contribution is 6.30. The summed E-state index contributed by atoms with van der Waals surface area (Å²) in [4.78, 5) is 26.6. The number of aromatic nitrogens is 2. The number of halogens is 1. The molecule has 1 atom stereocenters. The lowest BCUT2D eigenvalue weighted by atomic mass is 10.0. The van der Waals surface area contributed by atoms with Gasteiger partial charge in [0, 0.05) is 42.2 Å². The highest BCUT2D eigenvalue weighted by Gasteiger charge is 2.17. The number of piperidine rings is 1. The summed E-state index contributed by atoms with van der Waals surface area (Å²) < 4.78 is 1.34. The van der Waals surface area contributed by atoms with Gasteiger partial charge >= 0.3 is 0 Å². The first-order valence-electron chi connectivity index (χ1n) is 9.88. The molecule has 1 fully saturated rings. The Morgan fingerprint density at radius 3 is 2.71 bits per heavy atom. The molecule has 2 aromatic rings. The van der Waals surface area contributed by atoms with Gasteiger partial charge in [-0.3, -0.25) is 14.5 Å². The van der Waals surface area contributed by atoms with Crippen LogP contribution in [0, 0.1) is 0 Å². The number of carbonyl (C=O) groups excluding carboxylic acids is 1. The van der Waals surface area contributed by atoms with Crippen LogP contribution in [0.3, 0.4) is 0 Å². The Labute approximate surface area is 170 Å². The summed E-state index contributed by atoms with van der Waals surface area (Å²) in [6.45, 7) is 5.11. The summed E-state index contributed by atoms with van der Waals surface area (Å²) in [7, 11) is 0. The number of benzene rings is 1. The molecule has 1 aliphatic heterocycles.